The Labute approximate surface area is 137 Å². The summed E-state index contributed by atoms with van der Waals surface area (Å²) in [6, 6.07) is 12.4. The van der Waals surface area contributed by atoms with E-state index in [1.54, 1.807) is 18.2 Å². The molecular weight excluding hydrogens is 309 g/mol. The molecule has 3 N–H and O–H groups in total. The van der Waals surface area contributed by atoms with Crippen LogP contribution in [0.5, 0.6) is 0 Å². The normalized spacial score (nSPS) is 10.8. The number of fused-ring (bicyclic) bond motifs is 1. The summed E-state index contributed by atoms with van der Waals surface area (Å²) in [5, 5.41) is 3.57. The number of nitrogens with zero attached hydrogens (tertiary/aromatic N) is 1. The maximum atomic E-state index is 12.9. The number of hydrogen-bond donors (Lipinski definition) is 2. The first-order chi connectivity index (χ1) is 11.5. The van der Waals surface area contributed by atoms with Gasteiger partial charge >= 0.3 is 0 Å². The minimum Gasteiger partial charge on any atom is -0.364 e. The first-order valence-corrected chi connectivity index (χ1v) is 7.49. The van der Waals surface area contributed by atoms with Crippen molar-refractivity contribution in [3.8, 4) is 0 Å². The van der Waals surface area contributed by atoms with E-state index >= 15 is 0 Å². The second-order valence-electron chi connectivity index (χ2n) is 5.37. The second kappa shape index (κ2) is 6.16. The summed E-state index contributed by atoms with van der Waals surface area (Å²) in [5.74, 6) is -1.22. The molecule has 0 fully saturated rings. The molecule has 0 aliphatic rings. The predicted octanol–water partition coefficient (Wildman–Crippen LogP) is 3.15. The highest BCUT2D eigenvalue weighted by Crippen LogP contribution is 2.24. The fourth-order valence-corrected chi connectivity index (χ4v) is 2.70. The molecular formula is C18H16FN3O2. The van der Waals surface area contributed by atoms with Crippen LogP contribution in [0.2, 0.25) is 0 Å². The number of primary amides is 1. The minimum absolute atomic E-state index is 0.334. The lowest BCUT2D eigenvalue weighted by Crippen LogP contribution is -2.16. The largest absolute Gasteiger partial charge is 0.364 e. The van der Waals surface area contributed by atoms with E-state index in [0.717, 1.165) is 10.9 Å². The fourth-order valence-electron chi connectivity index (χ4n) is 2.70. The van der Waals surface area contributed by atoms with Gasteiger partial charge in [-0.15, -0.1) is 0 Å². The maximum Gasteiger partial charge on any atom is 0.265 e. The average molecular weight is 325 g/mol. The lowest BCUT2D eigenvalue weighted by Gasteiger charge is -2.07. The molecule has 3 aromatic rings. The van der Waals surface area contributed by atoms with Crippen molar-refractivity contribution in [1.82, 2.24) is 4.57 Å². The van der Waals surface area contributed by atoms with E-state index < -0.39 is 11.7 Å². The smallest absolute Gasteiger partial charge is 0.265 e. The lowest BCUT2D eigenvalue weighted by atomic mass is 10.2. The van der Waals surface area contributed by atoms with Gasteiger partial charge in [0.05, 0.1) is 0 Å². The van der Waals surface area contributed by atoms with Gasteiger partial charge in [-0.25, -0.2) is 4.39 Å². The minimum atomic E-state index is -0.495. The number of carbonyl (C=O) groups is 2. The van der Waals surface area contributed by atoms with Crippen LogP contribution in [0.1, 0.15) is 27.8 Å². The number of nitrogens with one attached hydrogen (secondary N) is 1. The van der Waals surface area contributed by atoms with Crippen LogP contribution in [0.4, 0.5) is 10.1 Å². The Hall–Kier alpha value is -3.15. The zero-order chi connectivity index (χ0) is 17.3. The van der Waals surface area contributed by atoms with Crippen molar-refractivity contribution in [2.24, 2.45) is 5.73 Å². The number of halogens is 1. The van der Waals surface area contributed by atoms with Crippen molar-refractivity contribution in [1.29, 1.82) is 0 Å². The highest BCUT2D eigenvalue weighted by atomic mass is 19.1. The molecule has 0 unspecified atom stereocenters. The molecule has 5 nitrogen and oxygen atoms in total. The number of carbonyl (C=O) groups excluding carboxylic acids is 2. The van der Waals surface area contributed by atoms with E-state index in [1.165, 1.54) is 24.3 Å². The molecule has 0 radical (unpaired) electrons. The van der Waals surface area contributed by atoms with Crippen LogP contribution in [0.15, 0.2) is 48.5 Å². The average Bonchev–Trinajstić information content (AvgIpc) is 2.93. The van der Waals surface area contributed by atoms with Gasteiger partial charge in [-0.1, -0.05) is 0 Å². The van der Waals surface area contributed by atoms with Gasteiger partial charge in [-0.05, 0) is 55.5 Å². The number of nitrogens with two attached hydrogens (primary N) is 1. The number of aryl methyl sites for hydroxylation is 1. The predicted molar refractivity (Wildman–Crippen MR) is 90.5 cm³/mol. The van der Waals surface area contributed by atoms with Gasteiger partial charge in [-0.3, -0.25) is 9.59 Å². The van der Waals surface area contributed by atoms with Crippen molar-refractivity contribution >= 4 is 28.4 Å². The van der Waals surface area contributed by atoms with E-state index in [9.17, 15) is 14.0 Å². The molecule has 24 heavy (non-hydrogen) atoms. The number of anilines is 1. The number of benzene rings is 2. The van der Waals surface area contributed by atoms with E-state index in [0.29, 0.717) is 23.5 Å². The van der Waals surface area contributed by atoms with Crippen molar-refractivity contribution < 1.29 is 14.0 Å². The SMILES string of the molecule is CCn1c(C(N)=O)cc2cc(NC(=O)c3ccc(F)cc3)ccc21. The third-order valence-electron chi connectivity index (χ3n) is 3.83. The molecule has 0 bridgehead atoms. The van der Waals surface area contributed by atoms with Crippen LogP contribution < -0.4 is 11.1 Å². The zero-order valence-corrected chi connectivity index (χ0v) is 13.0. The van der Waals surface area contributed by atoms with Gasteiger partial charge in [0.15, 0.2) is 0 Å². The third-order valence-corrected chi connectivity index (χ3v) is 3.83. The van der Waals surface area contributed by atoms with Crippen molar-refractivity contribution in [3.05, 3.63) is 65.6 Å². The quantitative estimate of drug-likeness (QED) is 0.773. The van der Waals surface area contributed by atoms with Crippen molar-refractivity contribution in [2.45, 2.75) is 13.5 Å². The Morgan fingerprint density at radius 1 is 1.12 bits per heavy atom. The molecule has 2 amide bonds. The highest BCUT2D eigenvalue weighted by Gasteiger charge is 2.13. The molecule has 1 heterocycles. The molecule has 2 aromatic carbocycles. The fraction of sp³-hybridized carbons (Fsp3) is 0.111. The molecule has 6 heteroatoms. The Morgan fingerprint density at radius 2 is 1.83 bits per heavy atom. The van der Waals surface area contributed by atoms with E-state index in [-0.39, 0.29) is 5.91 Å². The number of aromatic nitrogens is 1. The molecule has 1 aromatic heterocycles. The number of hydrogen-bond acceptors (Lipinski definition) is 2. The van der Waals surface area contributed by atoms with Crippen LogP contribution >= 0.6 is 0 Å². The highest BCUT2D eigenvalue weighted by molar-refractivity contribution is 6.05. The van der Waals surface area contributed by atoms with Crippen molar-refractivity contribution in [3.63, 3.8) is 0 Å². The van der Waals surface area contributed by atoms with Crippen LogP contribution in [-0.2, 0) is 6.54 Å². The number of rotatable bonds is 4. The first kappa shape index (κ1) is 15.7. The van der Waals surface area contributed by atoms with Crippen LogP contribution in [-0.4, -0.2) is 16.4 Å². The molecule has 0 spiro atoms. The summed E-state index contributed by atoms with van der Waals surface area (Å²) < 4.78 is 14.7. The molecule has 3 rings (SSSR count). The van der Waals surface area contributed by atoms with E-state index in [2.05, 4.69) is 5.32 Å². The van der Waals surface area contributed by atoms with Gasteiger partial charge in [0.25, 0.3) is 11.8 Å². The summed E-state index contributed by atoms with van der Waals surface area (Å²) in [7, 11) is 0. The Morgan fingerprint density at radius 3 is 2.46 bits per heavy atom. The van der Waals surface area contributed by atoms with Gasteiger partial charge in [0.1, 0.15) is 11.5 Å². The summed E-state index contributed by atoms with van der Waals surface area (Å²) in [4.78, 5) is 23.7. The maximum absolute atomic E-state index is 12.9. The molecule has 0 saturated heterocycles. The summed E-state index contributed by atoms with van der Waals surface area (Å²) in [6.07, 6.45) is 0. The first-order valence-electron chi connectivity index (χ1n) is 7.49. The molecule has 0 aliphatic heterocycles. The summed E-state index contributed by atoms with van der Waals surface area (Å²) in [6.45, 7) is 2.54. The van der Waals surface area contributed by atoms with Crippen LogP contribution in [0.3, 0.4) is 0 Å². The van der Waals surface area contributed by atoms with Crippen LogP contribution in [0, 0.1) is 5.82 Å². The molecule has 0 aliphatic carbocycles. The Kier molecular flexibility index (Phi) is 4.04. The number of amides is 2. The summed E-state index contributed by atoms with van der Waals surface area (Å²) in [5.41, 5.74) is 7.64. The third kappa shape index (κ3) is 2.86. The van der Waals surface area contributed by atoms with Gasteiger partial charge < -0.3 is 15.6 Å². The van der Waals surface area contributed by atoms with Gasteiger partial charge in [-0.2, -0.15) is 0 Å². The molecule has 122 valence electrons. The standard InChI is InChI=1S/C18H16FN3O2/c1-2-22-15-8-7-14(9-12(15)10-16(22)17(20)23)21-18(24)11-3-5-13(19)6-4-11/h3-10H,2H2,1H3,(H2,20,23)(H,21,24). The van der Waals surface area contributed by atoms with Crippen molar-refractivity contribution in [2.75, 3.05) is 5.32 Å². The molecule has 0 atom stereocenters. The lowest BCUT2D eigenvalue weighted by molar-refractivity contribution is 0.0990. The van der Waals surface area contributed by atoms with Gasteiger partial charge in [0.2, 0.25) is 0 Å². The Balaban J connectivity index is 1.92. The van der Waals surface area contributed by atoms with E-state index in [1.807, 2.05) is 17.6 Å². The van der Waals surface area contributed by atoms with Gasteiger partial charge in [0, 0.05) is 28.7 Å². The topological polar surface area (TPSA) is 77.1 Å². The summed E-state index contributed by atoms with van der Waals surface area (Å²) >= 11 is 0. The van der Waals surface area contributed by atoms with Crippen LogP contribution in [0.25, 0.3) is 10.9 Å². The monoisotopic (exact) mass is 325 g/mol. The second-order valence-corrected chi connectivity index (χ2v) is 5.37. The van der Waals surface area contributed by atoms with E-state index in [4.69, 9.17) is 5.73 Å². The zero-order valence-electron chi connectivity index (χ0n) is 13.0. The molecule has 0 saturated carbocycles. The Bertz CT molecular complexity index is 929.